The molecule has 0 radical (unpaired) electrons. The molecule has 3 rings (SSSR count). The summed E-state index contributed by atoms with van der Waals surface area (Å²) in [5.74, 6) is -0.0371. The van der Waals surface area contributed by atoms with E-state index in [0.717, 1.165) is 30.9 Å². The zero-order valence-electron chi connectivity index (χ0n) is 15.2. The number of para-hydroxylation sites is 1. The molecule has 1 fully saturated rings. The summed E-state index contributed by atoms with van der Waals surface area (Å²) in [6, 6.07) is 14.8. The monoisotopic (exact) mass is 355 g/mol. The Bertz CT molecular complexity index is 724. The van der Waals surface area contributed by atoms with Crippen LogP contribution in [0.1, 0.15) is 18.9 Å². The van der Waals surface area contributed by atoms with E-state index in [-0.39, 0.29) is 11.7 Å². The average molecular weight is 355 g/mol. The number of anilines is 2. The third kappa shape index (κ3) is 4.54. The molecule has 0 aliphatic carbocycles. The van der Waals surface area contributed by atoms with Gasteiger partial charge in [-0.05, 0) is 42.3 Å². The van der Waals surface area contributed by atoms with Crippen LogP contribution in [0.15, 0.2) is 48.5 Å². The molecule has 5 heteroatoms. The van der Waals surface area contributed by atoms with Crippen LogP contribution in [-0.4, -0.2) is 43.5 Å². The van der Waals surface area contributed by atoms with Gasteiger partial charge in [0.05, 0.1) is 0 Å². The molecule has 0 unspecified atom stereocenters. The second-order valence-electron chi connectivity index (χ2n) is 6.53. The number of amides is 1. The fourth-order valence-electron chi connectivity index (χ4n) is 3.33. The number of nitrogens with zero attached hydrogens (tertiary/aromatic N) is 2. The second-order valence-corrected chi connectivity index (χ2v) is 6.53. The third-order valence-electron chi connectivity index (χ3n) is 4.88. The number of benzene rings is 2. The van der Waals surface area contributed by atoms with Gasteiger partial charge in [0.15, 0.2) is 0 Å². The molecular formula is C21H26FN3O. The van der Waals surface area contributed by atoms with Gasteiger partial charge in [-0.15, -0.1) is 0 Å². The highest BCUT2D eigenvalue weighted by atomic mass is 19.1. The largest absolute Gasteiger partial charge is 0.384 e. The lowest BCUT2D eigenvalue weighted by atomic mass is 10.1. The predicted molar refractivity (Wildman–Crippen MR) is 104 cm³/mol. The van der Waals surface area contributed by atoms with Gasteiger partial charge in [-0.25, -0.2) is 4.39 Å². The lowest BCUT2D eigenvalue weighted by Crippen LogP contribution is -2.49. The third-order valence-corrected chi connectivity index (χ3v) is 4.88. The van der Waals surface area contributed by atoms with Gasteiger partial charge in [0.25, 0.3) is 0 Å². The van der Waals surface area contributed by atoms with Crippen LogP contribution in [0, 0.1) is 5.82 Å². The molecule has 2 aromatic rings. The zero-order valence-corrected chi connectivity index (χ0v) is 15.2. The Kier molecular flexibility index (Phi) is 6.10. The quantitative estimate of drug-likeness (QED) is 0.861. The van der Waals surface area contributed by atoms with Crippen LogP contribution in [0.4, 0.5) is 15.8 Å². The van der Waals surface area contributed by atoms with Gasteiger partial charge in [-0.1, -0.05) is 25.1 Å². The fraction of sp³-hybridized carbons (Fsp3) is 0.381. The van der Waals surface area contributed by atoms with Crippen LogP contribution in [0.3, 0.4) is 0 Å². The maximum Gasteiger partial charge on any atom is 0.224 e. The summed E-state index contributed by atoms with van der Waals surface area (Å²) in [7, 11) is 0. The first-order valence-corrected chi connectivity index (χ1v) is 9.27. The molecule has 0 bridgehead atoms. The van der Waals surface area contributed by atoms with Gasteiger partial charge in [-0.3, -0.25) is 4.79 Å². The Labute approximate surface area is 154 Å². The molecular weight excluding hydrogens is 329 g/mol. The summed E-state index contributed by atoms with van der Waals surface area (Å²) in [5, 5.41) is 3.38. The van der Waals surface area contributed by atoms with E-state index in [2.05, 4.69) is 29.3 Å². The number of halogens is 1. The van der Waals surface area contributed by atoms with Gasteiger partial charge in [-0.2, -0.15) is 0 Å². The van der Waals surface area contributed by atoms with E-state index >= 15 is 0 Å². The number of aryl methyl sites for hydroxylation is 1. The van der Waals surface area contributed by atoms with E-state index in [4.69, 9.17) is 0 Å². The number of carbonyl (C=O) groups excluding carboxylic acids is 1. The van der Waals surface area contributed by atoms with Crippen LogP contribution in [0.25, 0.3) is 0 Å². The summed E-state index contributed by atoms with van der Waals surface area (Å²) in [5.41, 5.74) is 3.40. The van der Waals surface area contributed by atoms with Gasteiger partial charge in [0, 0.05) is 50.5 Å². The molecule has 4 nitrogen and oxygen atoms in total. The minimum absolute atomic E-state index is 0.185. The average Bonchev–Trinajstić information content (AvgIpc) is 2.69. The molecule has 26 heavy (non-hydrogen) atoms. The molecule has 1 heterocycles. The van der Waals surface area contributed by atoms with Crippen LogP contribution in [0.2, 0.25) is 0 Å². The summed E-state index contributed by atoms with van der Waals surface area (Å²) < 4.78 is 13.0. The Morgan fingerprint density at radius 1 is 1.04 bits per heavy atom. The van der Waals surface area contributed by atoms with Crippen molar-refractivity contribution in [2.45, 2.75) is 19.8 Å². The summed E-state index contributed by atoms with van der Waals surface area (Å²) in [6.07, 6.45) is 1.47. The lowest BCUT2D eigenvalue weighted by molar-refractivity contribution is -0.131. The Balaban J connectivity index is 1.44. The second kappa shape index (κ2) is 8.70. The van der Waals surface area contributed by atoms with Gasteiger partial charge < -0.3 is 15.1 Å². The molecule has 138 valence electrons. The van der Waals surface area contributed by atoms with Crippen molar-refractivity contribution in [1.82, 2.24) is 4.90 Å². The van der Waals surface area contributed by atoms with E-state index in [0.29, 0.717) is 26.1 Å². The molecule has 0 atom stereocenters. The number of rotatable bonds is 6. The van der Waals surface area contributed by atoms with Crippen LogP contribution >= 0.6 is 0 Å². The minimum atomic E-state index is -0.222. The summed E-state index contributed by atoms with van der Waals surface area (Å²) in [6.45, 7) is 5.76. The maximum atomic E-state index is 13.0. The molecule has 1 amide bonds. The Morgan fingerprint density at radius 3 is 2.42 bits per heavy atom. The SMILES string of the molecule is CCc1ccccc1NCCC(=O)N1CCN(c2ccc(F)cc2)CC1. The molecule has 2 aromatic carbocycles. The first-order chi connectivity index (χ1) is 12.7. The van der Waals surface area contributed by atoms with Crippen molar-refractivity contribution in [3.05, 3.63) is 59.9 Å². The number of hydrogen-bond donors (Lipinski definition) is 1. The highest BCUT2D eigenvalue weighted by Crippen LogP contribution is 2.18. The van der Waals surface area contributed by atoms with Gasteiger partial charge >= 0.3 is 0 Å². The zero-order chi connectivity index (χ0) is 18.4. The van der Waals surface area contributed by atoms with Crippen molar-refractivity contribution < 1.29 is 9.18 Å². The fourth-order valence-corrected chi connectivity index (χ4v) is 3.33. The Morgan fingerprint density at radius 2 is 1.73 bits per heavy atom. The highest BCUT2D eigenvalue weighted by Gasteiger charge is 2.21. The molecule has 1 aliphatic rings. The van der Waals surface area contributed by atoms with Crippen LogP contribution < -0.4 is 10.2 Å². The van der Waals surface area contributed by atoms with Crippen molar-refractivity contribution in [3.63, 3.8) is 0 Å². The Hall–Kier alpha value is -2.56. The van der Waals surface area contributed by atoms with Gasteiger partial charge in [0.1, 0.15) is 5.82 Å². The summed E-state index contributed by atoms with van der Waals surface area (Å²) >= 11 is 0. The van der Waals surface area contributed by atoms with Crippen molar-refractivity contribution in [3.8, 4) is 0 Å². The summed E-state index contributed by atoms with van der Waals surface area (Å²) in [4.78, 5) is 16.6. The smallest absolute Gasteiger partial charge is 0.224 e. The molecule has 1 saturated heterocycles. The normalized spacial score (nSPS) is 14.4. The predicted octanol–water partition coefficient (Wildman–Crippen LogP) is 3.54. The van der Waals surface area contributed by atoms with E-state index in [9.17, 15) is 9.18 Å². The molecule has 0 saturated carbocycles. The topological polar surface area (TPSA) is 35.6 Å². The van der Waals surface area contributed by atoms with E-state index < -0.39 is 0 Å². The van der Waals surface area contributed by atoms with Crippen LogP contribution in [-0.2, 0) is 11.2 Å². The van der Waals surface area contributed by atoms with Gasteiger partial charge in [0.2, 0.25) is 5.91 Å². The first-order valence-electron chi connectivity index (χ1n) is 9.27. The number of piperazine rings is 1. The van der Waals surface area contributed by atoms with Crippen LogP contribution in [0.5, 0.6) is 0 Å². The standard InChI is InChI=1S/C21H26FN3O/c1-2-17-5-3-4-6-20(17)23-12-11-21(26)25-15-13-24(14-16-25)19-9-7-18(22)8-10-19/h3-10,23H,2,11-16H2,1H3. The van der Waals surface area contributed by atoms with E-state index in [1.165, 1.54) is 17.7 Å². The number of hydrogen-bond acceptors (Lipinski definition) is 3. The maximum absolute atomic E-state index is 13.0. The number of carbonyl (C=O) groups is 1. The molecule has 1 N–H and O–H groups in total. The number of nitrogens with one attached hydrogen (secondary N) is 1. The lowest BCUT2D eigenvalue weighted by Gasteiger charge is -2.36. The van der Waals surface area contributed by atoms with E-state index in [1.54, 1.807) is 12.1 Å². The minimum Gasteiger partial charge on any atom is -0.384 e. The first kappa shape index (κ1) is 18.2. The van der Waals surface area contributed by atoms with Crippen molar-refractivity contribution in [2.24, 2.45) is 0 Å². The van der Waals surface area contributed by atoms with Crippen molar-refractivity contribution in [2.75, 3.05) is 42.9 Å². The van der Waals surface area contributed by atoms with Crippen molar-refractivity contribution in [1.29, 1.82) is 0 Å². The molecule has 1 aliphatic heterocycles. The molecule has 0 aromatic heterocycles. The highest BCUT2D eigenvalue weighted by molar-refractivity contribution is 5.77. The van der Waals surface area contributed by atoms with E-state index in [1.807, 2.05) is 17.0 Å². The molecule has 0 spiro atoms. The van der Waals surface area contributed by atoms with Crippen molar-refractivity contribution >= 4 is 17.3 Å².